The van der Waals surface area contributed by atoms with Gasteiger partial charge in [0.2, 0.25) is 0 Å². The van der Waals surface area contributed by atoms with Gasteiger partial charge in [-0.3, -0.25) is 14.3 Å². The zero-order chi connectivity index (χ0) is 29.6. The van der Waals surface area contributed by atoms with Crippen LogP contribution >= 0.6 is 0 Å². The maximum absolute atomic E-state index is 14.2. The number of alkyl halides is 17. The molecule has 0 aliphatic carbocycles. The molecule has 0 aromatic carbocycles. The summed E-state index contributed by atoms with van der Waals surface area (Å²) in [6.45, 7) is -0.110. The van der Waals surface area contributed by atoms with Crippen molar-refractivity contribution in [1.82, 2.24) is 0 Å². The maximum atomic E-state index is 14.2. The molecule has 2 unspecified atom stereocenters. The number of halogens is 17. The molecule has 216 valence electrons. The van der Waals surface area contributed by atoms with Crippen molar-refractivity contribution in [3.05, 3.63) is 0 Å². The smallest absolute Gasteiger partial charge is 0.459 e. The molecule has 0 heterocycles. The molecule has 0 aromatic rings. The van der Waals surface area contributed by atoms with Crippen molar-refractivity contribution in [3.63, 3.8) is 0 Å². The van der Waals surface area contributed by atoms with E-state index in [1.165, 1.54) is 11.7 Å². The minimum absolute atomic E-state index is 0.286. The second-order valence-electron chi connectivity index (χ2n) is 7.44. The fraction of sp³-hybridized carbons (Fsp3) is 0.933. The predicted molar refractivity (Wildman–Crippen MR) is 77.9 cm³/mol. The van der Waals surface area contributed by atoms with Gasteiger partial charge in [-0.1, -0.05) is 6.92 Å². The highest BCUT2D eigenvalue weighted by atomic mass is 19.4. The molecule has 0 saturated carbocycles. The molecule has 0 N–H and O–H groups in total. The third-order valence-electron chi connectivity index (χ3n) is 4.27. The highest BCUT2D eigenvalue weighted by molar-refractivity contribution is 5.75. The molecule has 21 heteroatoms. The van der Waals surface area contributed by atoms with E-state index in [-0.39, 0.29) is 6.42 Å². The third-order valence-corrected chi connectivity index (χ3v) is 4.27. The van der Waals surface area contributed by atoms with Crippen molar-refractivity contribution < 1.29 is 93.6 Å². The SMILES string of the molecule is CCC(C)(C)C(=O)OCC(F)(OC(F)(F)C(F)(OC(F)(F)C(F)(F)C(F)(F)F)C(F)(F)F)C(F)(F)F. The topological polar surface area (TPSA) is 44.8 Å². The summed E-state index contributed by atoms with van der Waals surface area (Å²) in [4.78, 5) is 11.6. The first-order valence-corrected chi connectivity index (χ1v) is 8.64. The first kappa shape index (κ1) is 34.2. The largest absolute Gasteiger partial charge is 0.462 e. The fourth-order valence-electron chi connectivity index (χ4n) is 1.62. The zero-order valence-corrected chi connectivity index (χ0v) is 17.5. The normalized spacial score (nSPS) is 18.4. The van der Waals surface area contributed by atoms with E-state index in [1.807, 2.05) is 4.74 Å². The third kappa shape index (κ3) is 6.36. The summed E-state index contributed by atoms with van der Waals surface area (Å²) in [7, 11) is 0. The van der Waals surface area contributed by atoms with Crippen LogP contribution in [-0.4, -0.2) is 61.0 Å². The van der Waals surface area contributed by atoms with Gasteiger partial charge in [0.05, 0.1) is 5.41 Å². The summed E-state index contributed by atoms with van der Waals surface area (Å²) in [5.41, 5.74) is -1.79. The van der Waals surface area contributed by atoms with E-state index in [0.717, 1.165) is 13.8 Å². The Morgan fingerprint density at radius 1 is 0.611 bits per heavy atom. The predicted octanol–water partition coefficient (Wildman–Crippen LogP) is 6.84. The number of ether oxygens (including phenoxy) is 3. The van der Waals surface area contributed by atoms with Crippen molar-refractivity contribution in [2.45, 2.75) is 75.6 Å². The van der Waals surface area contributed by atoms with E-state index in [1.54, 1.807) is 0 Å². The average Bonchev–Trinajstić information content (AvgIpc) is 2.62. The molecule has 2 atom stereocenters. The van der Waals surface area contributed by atoms with Gasteiger partial charge in [0.15, 0.2) is 6.61 Å². The van der Waals surface area contributed by atoms with E-state index in [9.17, 15) is 79.4 Å². The van der Waals surface area contributed by atoms with Gasteiger partial charge in [-0.15, -0.1) is 0 Å². The standard InChI is InChI=1S/C15H13F17O4/c1-4-7(2,3)6(33)34-5-8(16,11(20,21)22)35-15(31,32)10(19,13(26,27)28)36-14(29,30)9(17,18)12(23,24)25/h4-5H2,1-3H3. The Balaban J connectivity index is 6.58. The van der Waals surface area contributed by atoms with Crippen molar-refractivity contribution >= 4 is 5.97 Å². The number of esters is 1. The van der Waals surface area contributed by atoms with E-state index in [2.05, 4.69) is 4.74 Å². The van der Waals surface area contributed by atoms with Gasteiger partial charge in [-0.05, 0) is 20.3 Å². The minimum atomic E-state index is -7.98. The number of hydrogen-bond acceptors (Lipinski definition) is 4. The monoisotopic (exact) mass is 580 g/mol. The lowest BCUT2D eigenvalue weighted by Gasteiger charge is -2.40. The van der Waals surface area contributed by atoms with E-state index >= 15 is 0 Å². The molecule has 0 aliphatic rings. The molecule has 0 saturated heterocycles. The fourth-order valence-corrected chi connectivity index (χ4v) is 1.62. The van der Waals surface area contributed by atoms with Crippen LogP contribution in [0.5, 0.6) is 0 Å². The molecule has 0 bridgehead atoms. The van der Waals surface area contributed by atoms with Crippen molar-refractivity contribution in [2.75, 3.05) is 6.61 Å². The van der Waals surface area contributed by atoms with Crippen LogP contribution in [0.2, 0.25) is 0 Å². The highest BCUT2D eigenvalue weighted by Crippen LogP contribution is 2.56. The number of rotatable bonds is 10. The summed E-state index contributed by atoms with van der Waals surface area (Å²) in [5.74, 6) is -24.0. The Hall–Kier alpha value is -1.80. The van der Waals surface area contributed by atoms with Crippen LogP contribution in [0.1, 0.15) is 27.2 Å². The van der Waals surface area contributed by atoms with E-state index < -0.39 is 66.4 Å². The van der Waals surface area contributed by atoms with Crippen LogP contribution < -0.4 is 0 Å². The Kier molecular flexibility index (Phi) is 9.02. The Morgan fingerprint density at radius 3 is 1.33 bits per heavy atom. The summed E-state index contributed by atoms with van der Waals surface area (Å²) in [5, 5.41) is 0. The molecule has 0 fully saturated rings. The van der Waals surface area contributed by atoms with Gasteiger partial charge < -0.3 is 4.74 Å². The molecule has 0 spiro atoms. The second-order valence-corrected chi connectivity index (χ2v) is 7.44. The van der Waals surface area contributed by atoms with Crippen molar-refractivity contribution in [1.29, 1.82) is 0 Å². The molecule has 0 radical (unpaired) electrons. The lowest BCUT2D eigenvalue weighted by atomic mass is 9.91. The minimum Gasteiger partial charge on any atom is -0.459 e. The van der Waals surface area contributed by atoms with Crippen molar-refractivity contribution in [2.24, 2.45) is 5.41 Å². The number of hydrogen-bond donors (Lipinski definition) is 0. The van der Waals surface area contributed by atoms with Gasteiger partial charge >= 0.3 is 54.3 Å². The number of carbonyl (C=O) groups excluding carboxylic acids is 1. The first-order chi connectivity index (χ1) is 15.4. The number of carbonyl (C=O) groups is 1. The van der Waals surface area contributed by atoms with Crippen molar-refractivity contribution in [3.8, 4) is 0 Å². The Labute approximate surface area is 188 Å². The molecule has 4 nitrogen and oxygen atoms in total. The van der Waals surface area contributed by atoms with Gasteiger partial charge in [0.1, 0.15) is 0 Å². The van der Waals surface area contributed by atoms with Crippen LogP contribution in [0.3, 0.4) is 0 Å². The quantitative estimate of drug-likeness (QED) is 0.210. The highest BCUT2D eigenvalue weighted by Gasteiger charge is 2.85. The zero-order valence-electron chi connectivity index (χ0n) is 17.5. The summed E-state index contributed by atoms with van der Waals surface area (Å²) in [6, 6.07) is 0. The summed E-state index contributed by atoms with van der Waals surface area (Å²) in [6.07, 6.45) is -38.4. The molecule has 36 heavy (non-hydrogen) atoms. The van der Waals surface area contributed by atoms with Crippen LogP contribution in [0, 0.1) is 5.41 Å². The molecule has 0 amide bonds. The molecule has 0 aliphatic heterocycles. The lowest BCUT2D eigenvalue weighted by molar-refractivity contribution is -0.552. The van der Waals surface area contributed by atoms with Crippen LogP contribution in [-0.2, 0) is 19.0 Å². The van der Waals surface area contributed by atoms with Gasteiger partial charge in [-0.2, -0.15) is 74.6 Å². The average molecular weight is 580 g/mol. The van der Waals surface area contributed by atoms with Crippen LogP contribution in [0.15, 0.2) is 0 Å². The van der Waals surface area contributed by atoms with Gasteiger partial charge in [0, 0.05) is 0 Å². The first-order valence-electron chi connectivity index (χ1n) is 8.64. The molecule has 0 aromatic heterocycles. The van der Waals surface area contributed by atoms with E-state index in [0.29, 0.717) is 0 Å². The van der Waals surface area contributed by atoms with Crippen LogP contribution in [0.4, 0.5) is 74.6 Å². The Bertz CT molecular complexity index is 784. The maximum Gasteiger partial charge on any atom is 0.462 e. The van der Waals surface area contributed by atoms with Crippen LogP contribution in [0.25, 0.3) is 0 Å². The second kappa shape index (κ2) is 9.50. The molecule has 0 rings (SSSR count). The molecular weight excluding hydrogens is 567 g/mol. The van der Waals surface area contributed by atoms with Gasteiger partial charge in [0.25, 0.3) is 0 Å². The lowest BCUT2D eigenvalue weighted by Crippen LogP contribution is -2.67. The van der Waals surface area contributed by atoms with Gasteiger partial charge in [-0.25, -0.2) is 0 Å². The molecular formula is C15H13F17O4. The van der Waals surface area contributed by atoms with E-state index in [4.69, 9.17) is 0 Å². The summed E-state index contributed by atoms with van der Waals surface area (Å²) >= 11 is 0. The summed E-state index contributed by atoms with van der Waals surface area (Å²) < 4.78 is 228. The Morgan fingerprint density at radius 2 is 1.03 bits per heavy atom.